The lowest BCUT2D eigenvalue weighted by Crippen LogP contribution is -2.07. The average Bonchev–Trinajstić information content (AvgIpc) is 2.70. The number of nitrogens with one attached hydrogen (secondary N) is 1. The predicted molar refractivity (Wildman–Crippen MR) is 83.0 cm³/mol. The zero-order valence-electron chi connectivity index (χ0n) is 11.6. The van der Waals surface area contributed by atoms with Crippen molar-refractivity contribution in [3.63, 3.8) is 0 Å². The molecular weight excluding hydrogens is 256 g/mol. The zero-order valence-corrected chi connectivity index (χ0v) is 12.4. The van der Waals surface area contributed by atoms with Gasteiger partial charge in [-0.3, -0.25) is 0 Å². The second kappa shape index (κ2) is 5.97. The highest BCUT2D eigenvalue weighted by Crippen LogP contribution is 2.25. The Bertz CT molecular complexity index is 549. The van der Waals surface area contributed by atoms with E-state index >= 15 is 0 Å². The predicted octanol–water partition coefficient (Wildman–Crippen LogP) is 4.04. The van der Waals surface area contributed by atoms with Crippen molar-refractivity contribution in [3.8, 4) is 5.75 Å². The summed E-state index contributed by atoms with van der Waals surface area (Å²) in [6, 6.07) is 7.89. The molecule has 4 heteroatoms. The fraction of sp³-hybridized carbons (Fsp3) is 0.333. The van der Waals surface area contributed by atoms with Gasteiger partial charge in [-0.25, -0.2) is 0 Å². The molecule has 0 atom stereocenters. The summed E-state index contributed by atoms with van der Waals surface area (Å²) in [7, 11) is 0. The number of hydrogen-bond donors (Lipinski definition) is 2. The van der Waals surface area contributed by atoms with Gasteiger partial charge in [-0.05, 0) is 43.8 Å². The lowest BCUT2D eigenvalue weighted by molar-refractivity contribution is 0.242. The van der Waals surface area contributed by atoms with E-state index in [0.29, 0.717) is 5.69 Å². The van der Waals surface area contributed by atoms with Crippen LogP contribution in [-0.4, -0.2) is 6.10 Å². The van der Waals surface area contributed by atoms with Gasteiger partial charge in [0.2, 0.25) is 0 Å². The first-order valence-electron chi connectivity index (χ1n) is 6.38. The summed E-state index contributed by atoms with van der Waals surface area (Å²) in [5, 5.41) is 5.50. The molecule has 0 fully saturated rings. The maximum Gasteiger partial charge on any atom is 0.123 e. The van der Waals surface area contributed by atoms with Crippen LogP contribution in [-0.2, 0) is 6.54 Å². The Hall–Kier alpha value is -1.68. The lowest BCUT2D eigenvalue weighted by atomic mass is 10.2. The number of aryl methyl sites for hydroxylation is 1. The van der Waals surface area contributed by atoms with Crippen LogP contribution < -0.4 is 15.8 Å². The highest BCUT2D eigenvalue weighted by molar-refractivity contribution is 7.10. The molecule has 0 aliphatic carbocycles. The van der Waals surface area contributed by atoms with Gasteiger partial charge >= 0.3 is 0 Å². The van der Waals surface area contributed by atoms with Gasteiger partial charge in [-0.15, -0.1) is 11.3 Å². The van der Waals surface area contributed by atoms with Gasteiger partial charge in [0.1, 0.15) is 5.75 Å². The molecule has 19 heavy (non-hydrogen) atoms. The van der Waals surface area contributed by atoms with Gasteiger partial charge in [-0.1, -0.05) is 0 Å². The monoisotopic (exact) mass is 276 g/mol. The molecule has 0 unspecified atom stereocenters. The SMILES string of the molecule is Cc1ccsc1CNc1cc(N)cc(OC(C)C)c1. The first-order chi connectivity index (χ1) is 9.04. The van der Waals surface area contributed by atoms with E-state index in [4.69, 9.17) is 10.5 Å². The van der Waals surface area contributed by atoms with Crippen LogP contribution in [0, 0.1) is 6.92 Å². The molecule has 0 saturated carbocycles. The first kappa shape index (κ1) is 13.7. The Morgan fingerprint density at radius 3 is 2.74 bits per heavy atom. The maximum absolute atomic E-state index is 5.90. The van der Waals surface area contributed by atoms with E-state index in [1.54, 1.807) is 11.3 Å². The van der Waals surface area contributed by atoms with Crippen molar-refractivity contribution in [1.82, 2.24) is 0 Å². The fourth-order valence-electron chi connectivity index (χ4n) is 1.83. The van der Waals surface area contributed by atoms with E-state index in [1.165, 1.54) is 10.4 Å². The molecule has 0 amide bonds. The number of nitrogens with two attached hydrogens (primary N) is 1. The van der Waals surface area contributed by atoms with Crippen molar-refractivity contribution in [2.45, 2.75) is 33.4 Å². The quantitative estimate of drug-likeness (QED) is 0.810. The number of rotatable bonds is 5. The maximum atomic E-state index is 5.90. The van der Waals surface area contributed by atoms with Gasteiger partial charge in [0.05, 0.1) is 6.10 Å². The third-order valence-electron chi connectivity index (χ3n) is 2.72. The molecule has 0 aliphatic heterocycles. The summed E-state index contributed by atoms with van der Waals surface area (Å²) < 4.78 is 5.68. The van der Waals surface area contributed by atoms with Crippen molar-refractivity contribution in [3.05, 3.63) is 40.1 Å². The minimum Gasteiger partial charge on any atom is -0.491 e. The number of ether oxygens (including phenoxy) is 1. The Balaban J connectivity index is 2.07. The molecule has 1 heterocycles. The summed E-state index contributed by atoms with van der Waals surface area (Å²) in [5.41, 5.74) is 8.92. The van der Waals surface area contributed by atoms with Crippen LogP contribution in [0.1, 0.15) is 24.3 Å². The van der Waals surface area contributed by atoms with E-state index in [9.17, 15) is 0 Å². The second-order valence-electron chi connectivity index (χ2n) is 4.84. The topological polar surface area (TPSA) is 47.3 Å². The van der Waals surface area contributed by atoms with Crippen molar-refractivity contribution < 1.29 is 4.74 Å². The second-order valence-corrected chi connectivity index (χ2v) is 5.84. The summed E-state index contributed by atoms with van der Waals surface area (Å²) in [4.78, 5) is 1.34. The first-order valence-corrected chi connectivity index (χ1v) is 7.26. The third kappa shape index (κ3) is 3.89. The lowest BCUT2D eigenvalue weighted by Gasteiger charge is -2.13. The molecule has 0 saturated heterocycles. The van der Waals surface area contributed by atoms with E-state index in [0.717, 1.165) is 18.0 Å². The van der Waals surface area contributed by atoms with Crippen LogP contribution >= 0.6 is 11.3 Å². The van der Waals surface area contributed by atoms with E-state index < -0.39 is 0 Å². The molecule has 1 aromatic carbocycles. The molecule has 2 aromatic rings. The highest BCUT2D eigenvalue weighted by atomic mass is 32.1. The molecular formula is C15H20N2OS. The molecule has 0 spiro atoms. The van der Waals surface area contributed by atoms with Gasteiger partial charge in [0.15, 0.2) is 0 Å². The summed E-state index contributed by atoms with van der Waals surface area (Å²) in [6.45, 7) is 6.95. The molecule has 102 valence electrons. The molecule has 1 aromatic heterocycles. The van der Waals surface area contributed by atoms with Gasteiger partial charge in [-0.2, -0.15) is 0 Å². The third-order valence-corrected chi connectivity index (χ3v) is 3.74. The van der Waals surface area contributed by atoms with Crippen molar-refractivity contribution >= 4 is 22.7 Å². The number of nitrogen functional groups attached to an aromatic ring is 1. The molecule has 3 N–H and O–H groups in total. The van der Waals surface area contributed by atoms with Crippen LogP contribution in [0.4, 0.5) is 11.4 Å². The van der Waals surface area contributed by atoms with Gasteiger partial charge < -0.3 is 15.8 Å². The van der Waals surface area contributed by atoms with E-state index in [-0.39, 0.29) is 6.10 Å². The highest BCUT2D eigenvalue weighted by Gasteiger charge is 2.04. The number of thiophene rings is 1. The fourth-order valence-corrected chi connectivity index (χ4v) is 2.68. The average molecular weight is 276 g/mol. The standard InChI is InChI=1S/C15H20N2OS/c1-10(2)18-14-7-12(16)6-13(8-14)17-9-15-11(3)4-5-19-15/h4-8,10,17H,9,16H2,1-3H3. The minimum atomic E-state index is 0.147. The summed E-state index contributed by atoms with van der Waals surface area (Å²) >= 11 is 1.76. The zero-order chi connectivity index (χ0) is 13.8. The minimum absolute atomic E-state index is 0.147. The molecule has 0 radical (unpaired) electrons. The van der Waals surface area contributed by atoms with E-state index in [1.807, 2.05) is 32.0 Å². The van der Waals surface area contributed by atoms with Crippen LogP contribution in [0.2, 0.25) is 0 Å². The number of anilines is 2. The van der Waals surface area contributed by atoms with Crippen LogP contribution in [0.15, 0.2) is 29.6 Å². The molecule has 3 nitrogen and oxygen atoms in total. The van der Waals surface area contributed by atoms with Crippen molar-refractivity contribution in [1.29, 1.82) is 0 Å². The summed E-state index contributed by atoms with van der Waals surface area (Å²) in [6.07, 6.45) is 0.147. The number of benzene rings is 1. The Morgan fingerprint density at radius 1 is 1.32 bits per heavy atom. The smallest absolute Gasteiger partial charge is 0.123 e. The van der Waals surface area contributed by atoms with Gasteiger partial charge in [0, 0.05) is 34.9 Å². The van der Waals surface area contributed by atoms with Crippen LogP contribution in [0.5, 0.6) is 5.75 Å². The molecule has 0 bridgehead atoms. The van der Waals surface area contributed by atoms with E-state index in [2.05, 4.69) is 23.7 Å². The van der Waals surface area contributed by atoms with Crippen LogP contribution in [0.3, 0.4) is 0 Å². The van der Waals surface area contributed by atoms with Crippen molar-refractivity contribution in [2.75, 3.05) is 11.1 Å². The van der Waals surface area contributed by atoms with Crippen molar-refractivity contribution in [2.24, 2.45) is 0 Å². The van der Waals surface area contributed by atoms with Crippen LogP contribution in [0.25, 0.3) is 0 Å². The molecule has 2 rings (SSSR count). The Kier molecular flexibility index (Phi) is 4.32. The Labute approximate surface area is 118 Å². The largest absolute Gasteiger partial charge is 0.491 e. The number of hydrogen-bond acceptors (Lipinski definition) is 4. The molecule has 0 aliphatic rings. The summed E-state index contributed by atoms with van der Waals surface area (Å²) in [5.74, 6) is 0.806. The Morgan fingerprint density at radius 2 is 2.11 bits per heavy atom. The van der Waals surface area contributed by atoms with Gasteiger partial charge in [0.25, 0.3) is 0 Å². The normalized spacial score (nSPS) is 10.7.